The normalized spacial score (nSPS) is 12.3. The van der Waals surface area contributed by atoms with Gasteiger partial charge in [-0.2, -0.15) is 0 Å². The summed E-state index contributed by atoms with van der Waals surface area (Å²) in [6.45, 7) is 3.06. The van der Waals surface area contributed by atoms with Gasteiger partial charge in [0.15, 0.2) is 0 Å². The van der Waals surface area contributed by atoms with E-state index in [1.54, 1.807) is 0 Å². The summed E-state index contributed by atoms with van der Waals surface area (Å²) in [6.07, 6.45) is 2.86. The second-order valence-electron chi connectivity index (χ2n) is 4.03. The molecule has 0 amide bonds. The molecule has 0 saturated carbocycles. The first kappa shape index (κ1) is 15.9. The lowest BCUT2D eigenvalue weighted by atomic mass is 9.99. The number of carbonyl (C=O) groups is 2. The Kier molecular flexibility index (Phi) is 9.43. The van der Waals surface area contributed by atoms with E-state index in [9.17, 15) is 19.8 Å². The minimum Gasteiger partial charge on any atom is -0.550 e. The number of rotatable bonds is 11. The number of hydrogen-bond acceptors (Lipinski definition) is 5. The van der Waals surface area contributed by atoms with Gasteiger partial charge in [-0.05, 0) is 32.1 Å². The van der Waals surface area contributed by atoms with Gasteiger partial charge < -0.3 is 24.5 Å². The van der Waals surface area contributed by atoms with Gasteiger partial charge in [-0.3, -0.25) is 0 Å². The van der Waals surface area contributed by atoms with Crippen molar-refractivity contribution < 1.29 is 24.5 Å². The number of unbranched alkanes of at least 4 members (excludes halogenated alkanes) is 1. The highest BCUT2D eigenvalue weighted by molar-refractivity contribution is 5.68. The zero-order valence-corrected chi connectivity index (χ0v) is 10.3. The molecule has 0 rings (SSSR count). The summed E-state index contributed by atoms with van der Waals surface area (Å²) in [5, 5.41) is 20.9. The zero-order chi connectivity index (χ0) is 13.1. The van der Waals surface area contributed by atoms with Crippen LogP contribution in [0.15, 0.2) is 0 Å². The van der Waals surface area contributed by atoms with Crippen LogP contribution in [0, 0.1) is 5.92 Å². The largest absolute Gasteiger partial charge is 0.550 e. The predicted molar refractivity (Wildman–Crippen MR) is 57.7 cm³/mol. The van der Waals surface area contributed by atoms with Crippen LogP contribution in [0.3, 0.4) is 0 Å². The van der Waals surface area contributed by atoms with E-state index in [1.807, 2.05) is 6.92 Å². The monoisotopic (exact) mass is 244 g/mol. The van der Waals surface area contributed by atoms with Crippen LogP contribution in [0.4, 0.5) is 0 Å². The number of carboxylic acid groups (broad SMARTS) is 2. The highest BCUT2D eigenvalue weighted by Crippen LogP contribution is 2.12. The van der Waals surface area contributed by atoms with Gasteiger partial charge in [0.05, 0.1) is 0 Å². The van der Waals surface area contributed by atoms with Gasteiger partial charge in [-0.15, -0.1) is 0 Å². The molecule has 0 aromatic heterocycles. The van der Waals surface area contributed by atoms with E-state index >= 15 is 0 Å². The lowest BCUT2D eigenvalue weighted by molar-refractivity contribution is -0.313. The summed E-state index contributed by atoms with van der Waals surface area (Å²) in [4.78, 5) is 20.9. The van der Waals surface area contributed by atoms with E-state index < -0.39 is 17.9 Å². The standard InChI is InChI=1S/C12H22O5/c1-2-3-8-17-9-7-10(12(15)16)5-4-6-11(13)14/h10H,2-9H2,1H3,(H,13,14)(H,15,16)/p-2. The number of aliphatic carboxylic acids is 2. The summed E-state index contributed by atoms with van der Waals surface area (Å²) in [5.41, 5.74) is 0. The summed E-state index contributed by atoms with van der Waals surface area (Å²) < 4.78 is 5.26. The molecule has 100 valence electrons. The molecule has 1 atom stereocenters. The van der Waals surface area contributed by atoms with Crippen molar-refractivity contribution in [3.8, 4) is 0 Å². The molecule has 0 aliphatic carbocycles. The van der Waals surface area contributed by atoms with Crippen molar-refractivity contribution in [1.29, 1.82) is 0 Å². The SMILES string of the molecule is CCCCOCCC(CCCC(=O)[O-])C(=O)[O-]. The smallest absolute Gasteiger partial charge is 0.0472 e. The van der Waals surface area contributed by atoms with Crippen LogP contribution in [0.25, 0.3) is 0 Å². The number of carbonyl (C=O) groups excluding carboxylic acids is 2. The van der Waals surface area contributed by atoms with E-state index in [0.717, 1.165) is 12.8 Å². The predicted octanol–water partition coefficient (Wildman–Crippen LogP) is -0.520. The van der Waals surface area contributed by atoms with Crippen molar-refractivity contribution in [3.63, 3.8) is 0 Å². The lowest BCUT2D eigenvalue weighted by Crippen LogP contribution is -2.32. The van der Waals surface area contributed by atoms with Crippen LogP contribution in [-0.2, 0) is 14.3 Å². The summed E-state index contributed by atoms with van der Waals surface area (Å²) in [7, 11) is 0. The molecular weight excluding hydrogens is 224 g/mol. The first-order chi connectivity index (χ1) is 8.07. The topological polar surface area (TPSA) is 89.5 Å². The zero-order valence-electron chi connectivity index (χ0n) is 10.3. The van der Waals surface area contributed by atoms with E-state index in [1.165, 1.54) is 0 Å². The Morgan fingerprint density at radius 1 is 1.12 bits per heavy atom. The van der Waals surface area contributed by atoms with Gasteiger partial charge in [-0.1, -0.05) is 13.3 Å². The molecule has 0 heterocycles. The molecule has 0 fully saturated rings. The number of hydrogen-bond donors (Lipinski definition) is 0. The van der Waals surface area contributed by atoms with Crippen molar-refractivity contribution in [1.82, 2.24) is 0 Å². The molecule has 0 radical (unpaired) electrons. The molecule has 0 aliphatic rings. The van der Waals surface area contributed by atoms with Gasteiger partial charge in [0.25, 0.3) is 0 Å². The first-order valence-electron chi connectivity index (χ1n) is 6.06. The Morgan fingerprint density at radius 2 is 1.82 bits per heavy atom. The summed E-state index contributed by atoms with van der Waals surface area (Å²) in [6, 6.07) is 0. The fourth-order valence-corrected chi connectivity index (χ4v) is 1.45. The summed E-state index contributed by atoms with van der Waals surface area (Å²) in [5.74, 6) is -2.92. The minimum absolute atomic E-state index is 0.111. The Balaban J connectivity index is 3.67. The Hall–Kier alpha value is -1.10. The average Bonchev–Trinajstić information content (AvgIpc) is 2.25. The fourth-order valence-electron chi connectivity index (χ4n) is 1.45. The van der Waals surface area contributed by atoms with Crippen molar-refractivity contribution in [2.45, 2.75) is 45.4 Å². The molecular formula is C12H20O5-2. The van der Waals surface area contributed by atoms with Gasteiger partial charge in [0, 0.05) is 31.1 Å². The third kappa shape index (κ3) is 9.81. The van der Waals surface area contributed by atoms with Gasteiger partial charge in [0.2, 0.25) is 0 Å². The molecule has 0 aromatic carbocycles. The quantitative estimate of drug-likeness (QED) is 0.456. The van der Waals surface area contributed by atoms with E-state index in [-0.39, 0.29) is 6.42 Å². The van der Waals surface area contributed by atoms with Crippen LogP contribution in [0.2, 0.25) is 0 Å². The molecule has 0 aliphatic heterocycles. The molecule has 0 N–H and O–H groups in total. The second kappa shape index (κ2) is 10.1. The van der Waals surface area contributed by atoms with Gasteiger partial charge in [0.1, 0.15) is 0 Å². The van der Waals surface area contributed by atoms with E-state index in [4.69, 9.17) is 4.74 Å². The molecule has 1 unspecified atom stereocenters. The molecule has 17 heavy (non-hydrogen) atoms. The minimum atomic E-state index is -1.15. The fraction of sp³-hybridized carbons (Fsp3) is 0.833. The molecule has 5 heteroatoms. The van der Waals surface area contributed by atoms with Gasteiger partial charge >= 0.3 is 0 Å². The highest BCUT2D eigenvalue weighted by Gasteiger charge is 2.09. The van der Waals surface area contributed by atoms with E-state index in [0.29, 0.717) is 32.5 Å². The van der Waals surface area contributed by atoms with Gasteiger partial charge in [-0.25, -0.2) is 0 Å². The maximum atomic E-state index is 10.8. The second-order valence-corrected chi connectivity index (χ2v) is 4.03. The molecule has 0 bridgehead atoms. The number of ether oxygens (including phenoxy) is 1. The van der Waals surface area contributed by atoms with Crippen LogP contribution in [0.1, 0.15) is 45.4 Å². The Labute approximate surface area is 102 Å². The Bertz CT molecular complexity index is 227. The third-order valence-electron chi connectivity index (χ3n) is 2.52. The van der Waals surface area contributed by atoms with Crippen LogP contribution < -0.4 is 10.2 Å². The first-order valence-corrected chi connectivity index (χ1v) is 6.06. The molecule has 0 saturated heterocycles. The molecule has 0 spiro atoms. The maximum absolute atomic E-state index is 10.8. The highest BCUT2D eigenvalue weighted by atomic mass is 16.5. The van der Waals surface area contributed by atoms with Crippen molar-refractivity contribution in [2.75, 3.05) is 13.2 Å². The maximum Gasteiger partial charge on any atom is 0.0472 e. The van der Waals surface area contributed by atoms with Crippen molar-refractivity contribution in [2.24, 2.45) is 5.92 Å². The van der Waals surface area contributed by atoms with E-state index in [2.05, 4.69) is 0 Å². The van der Waals surface area contributed by atoms with Crippen molar-refractivity contribution >= 4 is 11.9 Å². The van der Waals surface area contributed by atoms with Crippen LogP contribution >= 0.6 is 0 Å². The molecule has 5 nitrogen and oxygen atoms in total. The van der Waals surface area contributed by atoms with Crippen LogP contribution in [0.5, 0.6) is 0 Å². The third-order valence-corrected chi connectivity index (χ3v) is 2.52. The lowest BCUT2D eigenvalue weighted by Gasteiger charge is -2.18. The summed E-state index contributed by atoms with van der Waals surface area (Å²) >= 11 is 0. The van der Waals surface area contributed by atoms with Crippen LogP contribution in [-0.4, -0.2) is 25.2 Å². The number of carboxylic acids is 2. The van der Waals surface area contributed by atoms with Crippen molar-refractivity contribution in [3.05, 3.63) is 0 Å². The molecule has 0 aromatic rings. The Morgan fingerprint density at radius 3 is 2.35 bits per heavy atom. The average molecular weight is 244 g/mol.